The van der Waals surface area contributed by atoms with Gasteiger partial charge in [0.05, 0.1) is 0 Å². The van der Waals surface area contributed by atoms with Crippen LogP contribution in [0.1, 0.15) is 11.1 Å². The molecule has 2 nitrogen and oxygen atoms in total. The fraction of sp³-hybridized carbons (Fsp3) is 0.0769. The van der Waals surface area contributed by atoms with Gasteiger partial charge in [0.2, 0.25) is 0 Å². The molecule has 0 unspecified atom stereocenters. The molecule has 0 aliphatic carbocycles. The third-order valence-electron chi connectivity index (χ3n) is 4.56. The third-order valence-corrected chi connectivity index (χ3v) is 4.56. The van der Waals surface area contributed by atoms with Gasteiger partial charge in [0.1, 0.15) is 23.0 Å². The van der Waals surface area contributed by atoms with Crippen LogP contribution in [-0.4, -0.2) is 0 Å². The zero-order valence-corrected chi connectivity index (χ0v) is 16.1. The molecule has 0 heterocycles. The lowest BCUT2D eigenvalue weighted by molar-refractivity contribution is 0.477. The van der Waals surface area contributed by atoms with E-state index >= 15 is 0 Å². The lowest BCUT2D eigenvalue weighted by Crippen LogP contribution is -1.92. The molecule has 0 saturated heterocycles. The van der Waals surface area contributed by atoms with E-state index in [1.54, 1.807) is 0 Å². The largest absolute Gasteiger partial charge is 0.457 e. The molecule has 4 aromatic carbocycles. The summed E-state index contributed by atoms with van der Waals surface area (Å²) in [5.41, 5.74) is 4.39. The fourth-order valence-electron chi connectivity index (χ4n) is 3.02. The summed E-state index contributed by atoms with van der Waals surface area (Å²) in [5.74, 6) is 3.22. The van der Waals surface area contributed by atoms with Crippen LogP contribution in [-0.2, 0) is 0 Å². The van der Waals surface area contributed by atoms with Gasteiger partial charge in [-0.2, -0.15) is 0 Å². The van der Waals surface area contributed by atoms with Crippen LogP contribution in [0.15, 0.2) is 97.1 Å². The van der Waals surface area contributed by atoms with E-state index in [2.05, 4.69) is 26.0 Å². The summed E-state index contributed by atoms with van der Waals surface area (Å²) in [7, 11) is 0. The van der Waals surface area contributed by atoms with Gasteiger partial charge in [0.25, 0.3) is 0 Å². The number of hydrogen-bond donors (Lipinski definition) is 0. The van der Waals surface area contributed by atoms with Gasteiger partial charge in [-0.25, -0.2) is 0 Å². The molecular weight excluding hydrogens is 344 g/mol. The van der Waals surface area contributed by atoms with Crippen LogP contribution < -0.4 is 9.47 Å². The minimum absolute atomic E-state index is 0.798. The van der Waals surface area contributed by atoms with E-state index in [0.29, 0.717) is 0 Å². The topological polar surface area (TPSA) is 18.5 Å². The highest BCUT2D eigenvalue weighted by molar-refractivity contribution is 5.76. The molecule has 4 aromatic rings. The van der Waals surface area contributed by atoms with Crippen molar-refractivity contribution < 1.29 is 9.47 Å². The monoisotopic (exact) mass is 366 g/mol. The average Bonchev–Trinajstić information content (AvgIpc) is 2.72. The van der Waals surface area contributed by atoms with E-state index in [0.717, 1.165) is 34.1 Å². The van der Waals surface area contributed by atoms with Crippen LogP contribution in [0, 0.1) is 13.8 Å². The Balaban J connectivity index is 1.69. The van der Waals surface area contributed by atoms with Crippen molar-refractivity contribution in [3.8, 4) is 34.1 Å². The third kappa shape index (κ3) is 4.07. The van der Waals surface area contributed by atoms with Gasteiger partial charge in [-0.05, 0) is 50.2 Å². The van der Waals surface area contributed by atoms with Crippen molar-refractivity contribution in [2.24, 2.45) is 0 Å². The Morgan fingerprint density at radius 1 is 0.429 bits per heavy atom. The molecule has 0 saturated carbocycles. The molecule has 0 bridgehead atoms. The normalized spacial score (nSPS) is 10.5. The maximum atomic E-state index is 6.18. The minimum Gasteiger partial charge on any atom is -0.457 e. The SMILES string of the molecule is Cc1ccc(Oc2ccccc2-c2ccccc2Oc2ccc(C)cc2)cc1. The molecular formula is C26H22O2. The van der Waals surface area contributed by atoms with Crippen LogP contribution in [0.2, 0.25) is 0 Å². The molecule has 0 aliphatic heterocycles. The standard InChI is InChI=1S/C26H22O2/c1-19-11-15-21(16-12-19)27-25-9-5-3-7-23(25)24-8-4-6-10-26(24)28-22-17-13-20(2)14-18-22/h3-18H,1-2H3. The molecule has 0 amide bonds. The van der Waals surface area contributed by atoms with Crippen LogP contribution >= 0.6 is 0 Å². The van der Waals surface area contributed by atoms with Crippen molar-refractivity contribution in [3.05, 3.63) is 108 Å². The molecule has 0 spiro atoms. The van der Waals surface area contributed by atoms with E-state index in [-0.39, 0.29) is 0 Å². The van der Waals surface area contributed by atoms with E-state index in [1.165, 1.54) is 11.1 Å². The number of rotatable bonds is 5. The highest BCUT2D eigenvalue weighted by Gasteiger charge is 2.12. The summed E-state index contributed by atoms with van der Waals surface area (Å²) < 4.78 is 12.4. The van der Waals surface area contributed by atoms with Gasteiger partial charge in [-0.1, -0.05) is 71.8 Å². The summed E-state index contributed by atoms with van der Waals surface area (Å²) in [4.78, 5) is 0. The van der Waals surface area contributed by atoms with Crippen LogP contribution in [0.3, 0.4) is 0 Å². The first kappa shape index (κ1) is 17.9. The number of ether oxygens (including phenoxy) is 2. The second-order valence-corrected chi connectivity index (χ2v) is 6.82. The molecule has 2 heteroatoms. The Labute approximate surface area is 166 Å². The Kier molecular flexibility index (Phi) is 5.11. The average molecular weight is 366 g/mol. The van der Waals surface area contributed by atoms with E-state index in [9.17, 15) is 0 Å². The van der Waals surface area contributed by atoms with Gasteiger partial charge >= 0.3 is 0 Å². The van der Waals surface area contributed by atoms with Crippen LogP contribution in [0.5, 0.6) is 23.0 Å². The van der Waals surface area contributed by atoms with Gasteiger partial charge in [-0.15, -0.1) is 0 Å². The first-order valence-electron chi connectivity index (χ1n) is 9.36. The molecule has 0 atom stereocenters. The van der Waals surface area contributed by atoms with Crippen molar-refractivity contribution >= 4 is 0 Å². The van der Waals surface area contributed by atoms with Gasteiger partial charge in [0, 0.05) is 11.1 Å². The second-order valence-electron chi connectivity index (χ2n) is 6.82. The van der Waals surface area contributed by atoms with Gasteiger partial charge in [0.15, 0.2) is 0 Å². The zero-order valence-electron chi connectivity index (χ0n) is 16.1. The highest BCUT2D eigenvalue weighted by atomic mass is 16.5. The summed E-state index contributed by atoms with van der Waals surface area (Å²) in [6.07, 6.45) is 0. The minimum atomic E-state index is 0.798. The number of benzene rings is 4. The quantitative estimate of drug-likeness (QED) is 0.363. The van der Waals surface area contributed by atoms with Crippen LogP contribution in [0.4, 0.5) is 0 Å². The number of hydrogen-bond acceptors (Lipinski definition) is 2. The fourth-order valence-corrected chi connectivity index (χ4v) is 3.02. The number of para-hydroxylation sites is 2. The van der Waals surface area contributed by atoms with Crippen molar-refractivity contribution in [2.45, 2.75) is 13.8 Å². The molecule has 138 valence electrons. The Morgan fingerprint density at radius 3 is 1.18 bits per heavy atom. The van der Waals surface area contributed by atoms with Crippen molar-refractivity contribution in [1.82, 2.24) is 0 Å². The summed E-state index contributed by atoms with van der Waals surface area (Å²) in [5, 5.41) is 0. The first-order chi connectivity index (χ1) is 13.7. The molecule has 0 fully saturated rings. The van der Waals surface area contributed by atoms with Gasteiger partial charge < -0.3 is 9.47 Å². The van der Waals surface area contributed by atoms with Gasteiger partial charge in [-0.3, -0.25) is 0 Å². The maximum Gasteiger partial charge on any atom is 0.135 e. The molecule has 0 radical (unpaired) electrons. The lowest BCUT2D eigenvalue weighted by Gasteiger charge is -2.15. The zero-order chi connectivity index (χ0) is 19.3. The molecule has 4 rings (SSSR count). The van der Waals surface area contributed by atoms with E-state index < -0.39 is 0 Å². The Bertz CT molecular complexity index is 975. The first-order valence-corrected chi connectivity index (χ1v) is 9.36. The maximum absolute atomic E-state index is 6.18. The van der Waals surface area contributed by atoms with E-state index in [4.69, 9.17) is 9.47 Å². The smallest absolute Gasteiger partial charge is 0.135 e. The van der Waals surface area contributed by atoms with Crippen molar-refractivity contribution in [1.29, 1.82) is 0 Å². The van der Waals surface area contributed by atoms with Crippen LogP contribution in [0.25, 0.3) is 11.1 Å². The molecule has 0 N–H and O–H groups in total. The lowest BCUT2D eigenvalue weighted by atomic mass is 10.0. The molecule has 0 aliphatic rings. The summed E-state index contributed by atoms with van der Waals surface area (Å²) in [6.45, 7) is 4.13. The second kappa shape index (κ2) is 8.01. The Hall–Kier alpha value is -3.52. The summed E-state index contributed by atoms with van der Waals surface area (Å²) in [6, 6.07) is 32.2. The Morgan fingerprint density at radius 2 is 0.786 bits per heavy atom. The predicted octanol–water partition coefficient (Wildman–Crippen LogP) is 7.56. The number of aryl methyl sites for hydroxylation is 2. The molecule has 0 aromatic heterocycles. The highest BCUT2D eigenvalue weighted by Crippen LogP contribution is 2.39. The summed E-state index contributed by atoms with van der Waals surface area (Å²) >= 11 is 0. The van der Waals surface area contributed by atoms with Crippen molar-refractivity contribution in [2.75, 3.05) is 0 Å². The molecule has 28 heavy (non-hydrogen) atoms. The predicted molar refractivity (Wildman–Crippen MR) is 114 cm³/mol. The van der Waals surface area contributed by atoms with Crippen molar-refractivity contribution in [3.63, 3.8) is 0 Å². The van der Waals surface area contributed by atoms with E-state index in [1.807, 2.05) is 84.9 Å².